The molecule has 0 aromatic carbocycles. The fourth-order valence-electron chi connectivity index (χ4n) is 3.16. The molecule has 0 fully saturated rings. The largest absolute Gasteiger partial charge is 0.464 e. The molecule has 0 aliphatic rings. The summed E-state index contributed by atoms with van der Waals surface area (Å²) in [6.07, 6.45) is 0. The molecule has 0 unspecified atom stereocenters. The van der Waals surface area contributed by atoms with Gasteiger partial charge in [0, 0.05) is 0 Å². The molecule has 0 saturated carbocycles. The number of aliphatic hydroxyl groups excluding tert-OH is 2. The molecule has 260 valence electrons. The lowest BCUT2D eigenvalue weighted by Crippen LogP contribution is -2.07. The molecule has 0 aliphatic carbocycles. The Morgan fingerprint density at radius 3 is 1.46 bits per heavy atom. The summed E-state index contributed by atoms with van der Waals surface area (Å²) >= 11 is 0. The van der Waals surface area contributed by atoms with Gasteiger partial charge in [-0.3, -0.25) is 0 Å². The van der Waals surface area contributed by atoms with E-state index >= 15 is 0 Å². The molecule has 0 spiro atoms. The van der Waals surface area contributed by atoms with Gasteiger partial charge in [0.15, 0.2) is 11.4 Å². The number of aliphatic hydroxyl groups is 2. The number of hydrogen-bond acceptors (Lipinski definition) is 18. The van der Waals surface area contributed by atoms with Crippen LogP contribution in [-0.4, -0.2) is 95.2 Å². The topological polar surface area (TPSA) is 337 Å². The van der Waals surface area contributed by atoms with Crippen LogP contribution in [0.15, 0.2) is 24.3 Å². The number of ether oxygens (including phenoxy) is 2. The van der Waals surface area contributed by atoms with Crippen LogP contribution in [0, 0.1) is 40.5 Å². The molecule has 0 bridgehead atoms. The van der Waals surface area contributed by atoms with Crippen molar-refractivity contribution in [2.75, 3.05) is 14.2 Å². The molecular formula is C22H28N12O14. The second-order valence-corrected chi connectivity index (χ2v) is 8.59. The second-order valence-electron chi connectivity index (χ2n) is 8.59. The summed E-state index contributed by atoms with van der Waals surface area (Å²) in [6, 6.07) is 4.59. The van der Waals surface area contributed by atoms with Gasteiger partial charge in [0.2, 0.25) is 0 Å². The molecule has 4 aromatic rings. The maximum absolute atomic E-state index is 11.0. The summed E-state index contributed by atoms with van der Waals surface area (Å²) in [4.78, 5) is 60.3. The van der Waals surface area contributed by atoms with E-state index < -0.39 is 31.6 Å². The van der Waals surface area contributed by atoms with Crippen LogP contribution in [0.4, 0.5) is 23.3 Å². The zero-order chi connectivity index (χ0) is 36.9. The first-order valence-corrected chi connectivity index (χ1v) is 12.5. The number of nitro groups is 4. The third-order valence-corrected chi connectivity index (χ3v) is 5.45. The number of esters is 2. The highest BCUT2D eigenvalue weighted by atomic mass is 16.6. The number of nitrogens with zero attached hydrogens (tertiary/aromatic N) is 12. The molecule has 4 heterocycles. The van der Waals surface area contributed by atoms with Crippen LogP contribution in [0.2, 0.25) is 0 Å². The molecule has 0 amide bonds. The average molecular weight is 685 g/mol. The van der Waals surface area contributed by atoms with E-state index in [2.05, 4.69) is 29.9 Å². The lowest BCUT2D eigenvalue weighted by molar-refractivity contribution is -0.392. The Morgan fingerprint density at radius 2 is 1.12 bits per heavy atom. The third-order valence-electron chi connectivity index (χ3n) is 5.45. The van der Waals surface area contributed by atoms with Crippen molar-refractivity contribution in [1.29, 1.82) is 0 Å². The summed E-state index contributed by atoms with van der Waals surface area (Å²) in [5.41, 5.74) is 0.710. The number of aromatic nitrogens is 8. The monoisotopic (exact) mass is 684 g/mol. The first-order valence-electron chi connectivity index (χ1n) is 12.5. The molecule has 48 heavy (non-hydrogen) atoms. The van der Waals surface area contributed by atoms with Gasteiger partial charge in [-0.2, -0.15) is 9.36 Å². The van der Waals surface area contributed by atoms with Gasteiger partial charge in [-0.1, -0.05) is 10.2 Å². The van der Waals surface area contributed by atoms with Crippen molar-refractivity contribution >= 4 is 35.2 Å². The van der Waals surface area contributed by atoms with E-state index in [4.69, 9.17) is 10.2 Å². The van der Waals surface area contributed by atoms with Crippen LogP contribution >= 0.6 is 0 Å². The Morgan fingerprint density at radius 1 is 0.646 bits per heavy atom. The molecule has 0 radical (unpaired) electrons. The van der Waals surface area contributed by atoms with Crippen molar-refractivity contribution in [3.8, 4) is 0 Å². The van der Waals surface area contributed by atoms with E-state index in [1.807, 2.05) is 0 Å². The van der Waals surface area contributed by atoms with E-state index in [0.29, 0.717) is 11.4 Å². The lowest BCUT2D eigenvalue weighted by atomic mass is 10.4. The van der Waals surface area contributed by atoms with Crippen LogP contribution in [-0.2, 0) is 50.9 Å². The molecule has 4 rings (SSSR count). The van der Waals surface area contributed by atoms with Gasteiger partial charge in [-0.05, 0) is 19.7 Å². The minimum Gasteiger partial charge on any atom is -0.464 e. The fourth-order valence-corrected chi connectivity index (χ4v) is 3.16. The Labute approximate surface area is 266 Å². The molecule has 0 aliphatic heterocycles. The van der Waals surface area contributed by atoms with Crippen LogP contribution in [0.25, 0.3) is 0 Å². The molecule has 4 aromatic heterocycles. The molecule has 26 nitrogen and oxygen atoms in total. The summed E-state index contributed by atoms with van der Waals surface area (Å²) in [7, 11) is 8.18. The van der Waals surface area contributed by atoms with Crippen molar-refractivity contribution in [2.45, 2.75) is 13.2 Å². The Bertz CT molecular complexity index is 1790. The maximum Gasteiger partial charge on any atom is 0.390 e. The van der Waals surface area contributed by atoms with Crippen molar-refractivity contribution in [1.82, 2.24) is 39.1 Å². The SMILES string of the molecule is COC(=O)c1cc([N+](=O)[O-])n(C)n1.COC(=O)c1cc([N+](=O)[O-])nn1C.Cn1nc(CO)cc1[N+](=O)[O-].Cn1nc([N+](=O)[O-])cc1CO. The zero-order valence-corrected chi connectivity index (χ0v) is 25.9. The second kappa shape index (κ2) is 17.7. The van der Waals surface area contributed by atoms with E-state index in [1.54, 1.807) is 7.05 Å². The quantitative estimate of drug-likeness (QED) is 0.139. The van der Waals surface area contributed by atoms with E-state index in [9.17, 15) is 50.0 Å². The number of hydrogen-bond donors (Lipinski definition) is 2. The highest BCUT2D eigenvalue weighted by Crippen LogP contribution is 2.13. The Hall–Kier alpha value is -6.70. The van der Waals surface area contributed by atoms with Gasteiger partial charge in [-0.15, -0.1) is 9.36 Å². The molecule has 0 saturated heterocycles. The summed E-state index contributed by atoms with van der Waals surface area (Å²) in [5.74, 6) is -2.32. The normalized spacial score (nSPS) is 9.83. The average Bonchev–Trinajstić information content (AvgIpc) is 3.82. The summed E-state index contributed by atoms with van der Waals surface area (Å²) in [6.45, 7) is -0.515. The van der Waals surface area contributed by atoms with Crippen LogP contribution in [0.1, 0.15) is 32.4 Å². The van der Waals surface area contributed by atoms with Crippen molar-refractivity contribution in [3.63, 3.8) is 0 Å². The predicted octanol–water partition coefficient (Wildman–Crippen LogP) is -0.129. The smallest absolute Gasteiger partial charge is 0.390 e. The zero-order valence-electron chi connectivity index (χ0n) is 25.9. The number of carbonyl (C=O) groups is 2. The van der Waals surface area contributed by atoms with E-state index in [0.717, 1.165) is 26.2 Å². The molecular weight excluding hydrogens is 656 g/mol. The van der Waals surface area contributed by atoms with Crippen molar-refractivity contribution < 1.29 is 49.0 Å². The first kappa shape index (κ1) is 39.3. The highest BCUT2D eigenvalue weighted by Gasteiger charge is 2.22. The minimum absolute atomic E-state index is 0.0502. The maximum atomic E-state index is 11.0. The third kappa shape index (κ3) is 10.7. The number of aryl methyl sites for hydroxylation is 4. The molecule has 2 N–H and O–H groups in total. The van der Waals surface area contributed by atoms with Gasteiger partial charge in [0.1, 0.15) is 19.8 Å². The number of carbonyl (C=O) groups excluding carboxylic acids is 2. The van der Waals surface area contributed by atoms with E-state index in [1.165, 1.54) is 52.2 Å². The first-order chi connectivity index (χ1) is 22.4. The summed E-state index contributed by atoms with van der Waals surface area (Å²) < 4.78 is 13.2. The van der Waals surface area contributed by atoms with Gasteiger partial charge in [-0.25, -0.2) is 9.59 Å². The van der Waals surface area contributed by atoms with Gasteiger partial charge in [0.05, 0.1) is 81.7 Å². The van der Waals surface area contributed by atoms with Gasteiger partial charge < -0.3 is 60.1 Å². The van der Waals surface area contributed by atoms with E-state index in [-0.39, 0.29) is 47.9 Å². The van der Waals surface area contributed by atoms with Gasteiger partial charge >= 0.3 is 35.2 Å². The van der Waals surface area contributed by atoms with Crippen LogP contribution in [0.5, 0.6) is 0 Å². The Balaban J connectivity index is 0.000000321. The minimum atomic E-state index is -0.691. The molecule has 26 heteroatoms. The molecule has 0 atom stereocenters. The highest BCUT2D eigenvalue weighted by molar-refractivity contribution is 5.88. The summed E-state index contributed by atoms with van der Waals surface area (Å²) in [5, 5.41) is 72.4. The van der Waals surface area contributed by atoms with Crippen LogP contribution in [0.3, 0.4) is 0 Å². The fraction of sp³-hybridized carbons (Fsp3) is 0.364. The van der Waals surface area contributed by atoms with Crippen molar-refractivity contribution in [2.24, 2.45) is 28.2 Å². The van der Waals surface area contributed by atoms with Crippen molar-refractivity contribution in [3.05, 3.63) is 87.5 Å². The standard InChI is InChI=1S/2C6H7N3O4.2C5H7N3O3/c1-8-4(6(10)13-2)3-5(7-8)9(11)12;1-8-5(9(11)12)3-4(7-8)6(10)13-2;1-7-4(3-9)2-5(6-7)8(10)11;1-7-5(8(10)11)2-4(3-9)6-7/h2*3H,1-2H3;2*2,9H,3H2,1H3. The van der Waals surface area contributed by atoms with Crippen LogP contribution < -0.4 is 0 Å². The number of rotatable bonds is 8. The number of methoxy groups -OCH3 is 2. The van der Waals surface area contributed by atoms with Gasteiger partial charge in [0.25, 0.3) is 0 Å². The Kier molecular flexibility index (Phi) is 14.5. The lowest BCUT2D eigenvalue weighted by Gasteiger charge is -1.93. The predicted molar refractivity (Wildman–Crippen MR) is 154 cm³/mol.